The molecule has 1 aromatic carbocycles. The van der Waals surface area contributed by atoms with Gasteiger partial charge < -0.3 is 9.64 Å². The van der Waals surface area contributed by atoms with Gasteiger partial charge in [0.15, 0.2) is 0 Å². The second-order valence-electron chi connectivity index (χ2n) is 7.44. The van der Waals surface area contributed by atoms with Crippen molar-refractivity contribution in [1.29, 1.82) is 0 Å². The van der Waals surface area contributed by atoms with E-state index in [1.165, 1.54) is 5.56 Å². The zero-order chi connectivity index (χ0) is 18.5. The number of carbonyl (C=O) groups is 1. The molecule has 1 N–H and O–H groups in total. The van der Waals surface area contributed by atoms with E-state index in [0.29, 0.717) is 18.9 Å². The zero-order valence-electron chi connectivity index (χ0n) is 15.6. The van der Waals surface area contributed by atoms with Crippen LogP contribution in [0.4, 0.5) is 0 Å². The van der Waals surface area contributed by atoms with Gasteiger partial charge in [-0.2, -0.15) is 5.10 Å². The van der Waals surface area contributed by atoms with Crippen molar-refractivity contribution in [1.82, 2.24) is 25.0 Å². The van der Waals surface area contributed by atoms with Crippen molar-refractivity contribution in [2.75, 3.05) is 32.8 Å². The number of aromatic amines is 1. The van der Waals surface area contributed by atoms with Crippen LogP contribution in [0.1, 0.15) is 36.6 Å². The summed E-state index contributed by atoms with van der Waals surface area (Å²) in [6, 6.07) is 10.5. The SMILES string of the molecule is O=C(C[C@@H]1CN(Cc2ccccc2)CCO1)N1CCC(c2ncn[nH]2)CC1. The van der Waals surface area contributed by atoms with Crippen molar-refractivity contribution in [2.24, 2.45) is 0 Å². The van der Waals surface area contributed by atoms with Gasteiger partial charge in [0.25, 0.3) is 0 Å². The third-order valence-electron chi connectivity index (χ3n) is 5.54. The molecule has 0 spiro atoms. The van der Waals surface area contributed by atoms with Crippen LogP contribution in [-0.4, -0.2) is 69.8 Å². The topological polar surface area (TPSA) is 74.3 Å². The van der Waals surface area contributed by atoms with Crippen LogP contribution in [0.3, 0.4) is 0 Å². The number of morpholine rings is 1. The number of hydrogen-bond donors (Lipinski definition) is 1. The second-order valence-corrected chi connectivity index (χ2v) is 7.44. The predicted molar refractivity (Wildman–Crippen MR) is 101 cm³/mol. The summed E-state index contributed by atoms with van der Waals surface area (Å²) in [7, 11) is 0. The molecule has 0 unspecified atom stereocenters. The molecule has 7 nitrogen and oxygen atoms in total. The van der Waals surface area contributed by atoms with Crippen LogP contribution in [0.15, 0.2) is 36.7 Å². The number of nitrogens with one attached hydrogen (secondary N) is 1. The van der Waals surface area contributed by atoms with Gasteiger partial charge >= 0.3 is 0 Å². The fourth-order valence-corrected chi connectivity index (χ4v) is 4.03. The predicted octanol–water partition coefficient (Wildman–Crippen LogP) is 1.80. The van der Waals surface area contributed by atoms with Gasteiger partial charge in [-0.25, -0.2) is 4.98 Å². The van der Waals surface area contributed by atoms with Gasteiger partial charge in [-0.05, 0) is 18.4 Å². The van der Waals surface area contributed by atoms with E-state index in [9.17, 15) is 4.79 Å². The molecule has 0 radical (unpaired) electrons. The first-order valence-corrected chi connectivity index (χ1v) is 9.79. The van der Waals surface area contributed by atoms with E-state index in [4.69, 9.17) is 4.74 Å². The van der Waals surface area contributed by atoms with Gasteiger partial charge in [0.05, 0.1) is 19.1 Å². The van der Waals surface area contributed by atoms with Crippen molar-refractivity contribution in [2.45, 2.75) is 37.8 Å². The summed E-state index contributed by atoms with van der Waals surface area (Å²) in [5.74, 6) is 1.52. The van der Waals surface area contributed by atoms with Crippen LogP contribution in [-0.2, 0) is 16.1 Å². The standard InChI is InChI=1S/C20H27N5O2/c26-19(25-8-6-17(7-9-25)20-21-15-22-23-20)12-18-14-24(10-11-27-18)13-16-4-2-1-3-5-16/h1-5,15,17-18H,6-14H2,(H,21,22,23)/t18-/m1/s1. The number of nitrogens with zero attached hydrogens (tertiary/aromatic N) is 4. The Bertz CT molecular complexity index is 713. The molecule has 3 heterocycles. The number of rotatable bonds is 5. The first-order chi connectivity index (χ1) is 13.3. The van der Waals surface area contributed by atoms with E-state index in [-0.39, 0.29) is 12.0 Å². The molecule has 1 atom stereocenters. The maximum absolute atomic E-state index is 12.7. The number of piperidine rings is 1. The lowest BCUT2D eigenvalue weighted by Crippen LogP contribution is -2.45. The number of carbonyl (C=O) groups excluding carboxylic acids is 1. The molecule has 1 amide bonds. The molecule has 2 fully saturated rings. The van der Waals surface area contributed by atoms with E-state index >= 15 is 0 Å². The number of H-pyrrole nitrogens is 1. The van der Waals surface area contributed by atoms with Gasteiger partial charge in [-0.15, -0.1) is 0 Å². The van der Waals surface area contributed by atoms with Crippen molar-refractivity contribution >= 4 is 5.91 Å². The molecule has 7 heteroatoms. The lowest BCUT2D eigenvalue weighted by atomic mass is 9.96. The van der Waals surface area contributed by atoms with Crippen LogP contribution in [0.2, 0.25) is 0 Å². The highest BCUT2D eigenvalue weighted by Gasteiger charge is 2.29. The van der Waals surface area contributed by atoms with Crippen LogP contribution in [0, 0.1) is 0 Å². The molecule has 0 aliphatic carbocycles. The Morgan fingerprint density at radius 3 is 2.74 bits per heavy atom. The Hall–Kier alpha value is -2.25. The first-order valence-electron chi connectivity index (χ1n) is 9.79. The van der Waals surface area contributed by atoms with Crippen LogP contribution in [0.25, 0.3) is 0 Å². The number of hydrogen-bond acceptors (Lipinski definition) is 5. The highest BCUT2D eigenvalue weighted by atomic mass is 16.5. The highest BCUT2D eigenvalue weighted by Crippen LogP contribution is 2.25. The van der Waals surface area contributed by atoms with Gasteiger partial charge in [-0.3, -0.25) is 14.8 Å². The first kappa shape index (κ1) is 18.1. The maximum Gasteiger partial charge on any atom is 0.225 e. The lowest BCUT2D eigenvalue weighted by molar-refractivity contribution is -0.137. The monoisotopic (exact) mass is 369 g/mol. The van der Waals surface area contributed by atoms with E-state index < -0.39 is 0 Å². The summed E-state index contributed by atoms with van der Waals surface area (Å²) in [5.41, 5.74) is 1.30. The third-order valence-corrected chi connectivity index (χ3v) is 5.54. The number of amides is 1. The number of ether oxygens (including phenoxy) is 1. The Balaban J connectivity index is 1.24. The summed E-state index contributed by atoms with van der Waals surface area (Å²) >= 11 is 0. The van der Waals surface area contributed by atoms with Crippen LogP contribution in [0.5, 0.6) is 0 Å². The molecule has 4 rings (SSSR count). The molecule has 0 bridgehead atoms. The summed E-state index contributed by atoms with van der Waals surface area (Å²) in [6.45, 7) is 4.91. The molecule has 27 heavy (non-hydrogen) atoms. The minimum absolute atomic E-state index is 0.0121. The van der Waals surface area contributed by atoms with Crippen molar-refractivity contribution in [3.05, 3.63) is 48.0 Å². The molecular formula is C20H27N5O2. The summed E-state index contributed by atoms with van der Waals surface area (Å²) in [6.07, 6.45) is 3.88. The fraction of sp³-hybridized carbons (Fsp3) is 0.550. The van der Waals surface area contributed by atoms with Gasteiger partial charge in [0, 0.05) is 38.6 Å². The Morgan fingerprint density at radius 2 is 2.00 bits per heavy atom. The quantitative estimate of drug-likeness (QED) is 0.870. The highest BCUT2D eigenvalue weighted by molar-refractivity contribution is 5.76. The normalized spacial score (nSPS) is 22.1. The Kier molecular flexibility index (Phi) is 5.79. The second kappa shape index (κ2) is 8.63. The summed E-state index contributed by atoms with van der Waals surface area (Å²) in [5, 5.41) is 6.88. The molecule has 2 aliphatic rings. The summed E-state index contributed by atoms with van der Waals surface area (Å²) < 4.78 is 5.87. The Labute approximate surface area is 159 Å². The van der Waals surface area contributed by atoms with Gasteiger partial charge in [-0.1, -0.05) is 30.3 Å². The van der Waals surface area contributed by atoms with Crippen molar-refractivity contribution < 1.29 is 9.53 Å². The van der Waals surface area contributed by atoms with E-state index in [1.807, 2.05) is 11.0 Å². The zero-order valence-corrected chi connectivity index (χ0v) is 15.6. The smallest absolute Gasteiger partial charge is 0.225 e. The van der Waals surface area contributed by atoms with E-state index in [1.54, 1.807) is 6.33 Å². The molecule has 0 saturated carbocycles. The van der Waals surface area contributed by atoms with Crippen molar-refractivity contribution in [3.8, 4) is 0 Å². The molecule has 2 aliphatic heterocycles. The average molecular weight is 369 g/mol. The molecule has 2 saturated heterocycles. The molecular weight excluding hydrogens is 342 g/mol. The number of aromatic nitrogens is 3. The van der Waals surface area contributed by atoms with Crippen LogP contribution >= 0.6 is 0 Å². The fourth-order valence-electron chi connectivity index (χ4n) is 4.03. The molecule has 144 valence electrons. The molecule has 1 aromatic heterocycles. The van der Waals surface area contributed by atoms with Gasteiger partial charge in [0.1, 0.15) is 12.2 Å². The Morgan fingerprint density at radius 1 is 1.19 bits per heavy atom. The summed E-state index contributed by atoms with van der Waals surface area (Å²) in [4.78, 5) is 21.3. The molecule has 2 aromatic rings. The van der Waals surface area contributed by atoms with E-state index in [2.05, 4.69) is 44.3 Å². The number of likely N-dealkylation sites (tertiary alicyclic amines) is 1. The maximum atomic E-state index is 12.7. The minimum Gasteiger partial charge on any atom is -0.375 e. The largest absolute Gasteiger partial charge is 0.375 e. The van der Waals surface area contributed by atoms with Crippen molar-refractivity contribution in [3.63, 3.8) is 0 Å². The third kappa shape index (κ3) is 4.73. The van der Waals surface area contributed by atoms with E-state index in [0.717, 1.165) is 51.4 Å². The van der Waals surface area contributed by atoms with Gasteiger partial charge in [0.2, 0.25) is 5.91 Å². The minimum atomic E-state index is -0.0121. The lowest BCUT2D eigenvalue weighted by Gasteiger charge is -2.35. The van der Waals surface area contributed by atoms with Crippen LogP contribution < -0.4 is 0 Å². The number of benzene rings is 1. The average Bonchev–Trinajstić information content (AvgIpc) is 3.24.